The quantitative estimate of drug-likeness (QED) is 0.373. The molecule has 6 heteroatoms. The first kappa shape index (κ1) is 20.9. The Kier molecular flexibility index (Phi) is 5.42. The number of ether oxygens (including phenoxy) is 1. The molecule has 0 aliphatic rings. The SMILES string of the molecule is COc1ccc(-c2ccc3nc(Cc4c(C)n[nH]c4C)n([C@H](C)c4ccccc4)c3c2)cn1. The Morgan fingerprint density at radius 2 is 1.79 bits per heavy atom. The molecule has 0 radical (unpaired) electrons. The summed E-state index contributed by atoms with van der Waals surface area (Å²) in [5.74, 6) is 1.63. The van der Waals surface area contributed by atoms with E-state index in [4.69, 9.17) is 9.72 Å². The van der Waals surface area contributed by atoms with E-state index in [1.165, 1.54) is 11.1 Å². The Bertz CT molecular complexity index is 1380. The molecule has 0 bridgehead atoms. The van der Waals surface area contributed by atoms with Crippen LogP contribution in [0.3, 0.4) is 0 Å². The second kappa shape index (κ2) is 8.54. The van der Waals surface area contributed by atoms with Gasteiger partial charge in [-0.05, 0) is 50.1 Å². The van der Waals surface area contributed by atoms with Crippen LogP contribution in [0.15, 0.2) is 66.9 Å². The monoisotopic (exact) mass is 437 g/mol. The average molecular weight is 438 g/mol. The minimum atomic E-state index is 0.128. The van der Waals surface area contributed by atoms with Crippen molar-refractivity contribution in [1.82, 2.24) is 24.7 Å². The van der Waals surface area contributed by atoms with Gasteiger partial charge < -0.3 is 9.30 Å². The van der Waals surface area contributed by atoms with E-state index in [-0.39, 0.29) is 6.04 Å². The molecule has 0 amide bonds. The summed E-state index contributed by atoms with van der Waals surface area (Å²) in [4.78, 5) is 9.44. The molecule has 0 aliphatic heterocycles. The Morgan fingerprint density at radius 3 is 2.45 bits per heavy atom. The molecule has 0 fully saturated rings. The first-order chi connectivity index (χ1) is 16.0. The molecule has 166 valence electrons. The molecule has 0 saturated carbocycles. The van der Waals surface area contributed by atoms with Crippen LogP contribution in [-0.2, 0) is 6.42 Å². The highest BCUT2D eigenvalue weighted by Gasteiger charge is 2.20. The lowest BCUT2D eigenvalue weighted by atomic mass is 10.1. The fourth-order valence-electron chi connectivity index (χ4n) is 4.42. The van der Waals surface area contributed by atoms with Gasteiger partial charge in [0.1, 0.15) is 5.82 Å². The van der Waals surface area contributed by atoms with E-state index in [0.717, 1.165) is 45.8 Å². The minimum Gasteiger partial charge on any atom is -0.481 e. The van der Waals surface area contributed by atoms with E-state index in [9.17, 15) is 0 Å². The number of aryl methyl sites for hydroxylation is 2. The van der Waals surface area contributed by atoms with Gasteiger partial charge in [0.05, 0.1) is 29.9 Å². The molecule has 3 heterocycles. The second-order valence-corrected chi connectivity index (χ2v) is 8.37. The Hall–Kier alpha value is -3.93. The maximum atomic E-state index is 5.21. The van der Waals surface area contributed by atoms with Crippen molar-refractivity contribution in [2.24, 2.45) is 0 Å². The highest BCUT2D eigenvalue weighted by molar-refractivity contribution is 5.83. The number of rotatable bonds is 6. The van der Waals surface area contributed by atoms with Gasteiger partial charge in [-0.1, -0.05) is 36.4 Å². The molecule has 0 saturated heterocycles. The van der Waals surface area contributed by atoms with Crippen LogP contribution < -0.4 is 4.74 Å². The third kappa shape index (κ3) is 3.89. The van der Waals surface area contributed by atoms with Crippen molar-refractivity contribution in [1.29, 1.82) is 0 Å². The maximum absolute atomic E-state index is 5.21. The van der Waals surface area contributed by atoms with Gasteiger partial charge in [-0.15, -0.1) is 0 Å². The summed E-state index contributed by atoms with van der Waals surface area (Å²) in [6.45, 7) is 6.34. The van der Waals surface area contributed by atoms with Crippen molar-refractivity contribution < 1.29 is 4.74 Å². The molecule has 0 spiro atoms. The van der Waals surface area contributed by atoms with Gasteiger partial charge in [0.2, 0.25) is 5.88 Å². The lowest BCUT2D eigenvalue weighted by Gasteiger charge is -2.19. The van der Waals surface area contributed by atoms with Gasteiger partial charge in [0.25, 0.3) is 0 Å². The Balaban J connectivity index is 1.67. The summed E-state index contributed by atoms with van der Waals surface area (Å²) in [5.41, 5.74) is 8.78. The highest BCUT2D eigenvalue weighted by atomic mass is 16.5. The predicted octanol–water partition coefficient (Wildman–Crippen LogP) is 5.65. The van der Waals surface area contributed by atoms with E-state index in [2.05, 4.69) is 82.1 Å². The lowest BCUT2D eigenvalue weighted by molar-refractivity contribution is 0.398. The molecule has 5 rings (SSSR count). The van der Waals surface area contributed by atoms with Crippen LogP contribution in [0.25, 0.3) is 22.2 Å². The standard InChI is InChI=1S/C27H27N5O/c1-17-23(18(2)31-30-17)15-26-29-24-12-10-21(22-11-13-27(33-4)28-16-22)14-25(24)32(26)19(3)20-8-6-5-7-9-20/h5-14,16,19H,15H2,1-4H3,(H,30,31)/t19-/m1/s1. The van der Waals surface area contributed by atoms with Crippen LogP contribution in [0.4, 0.5) is 0 Å². The van der Waals surface area contributed by atoms with E-state index in [1.807, 2.05) is 25.3 Å². The summed E-state index contributed by atoms with van der Waals surface area (Å²) >= 11 is 0. The van der Waals surface area contributed by atoms with Crippen LogP contribution in [0.5, 0.6) is 5.88 Å². The third-order valence-electron chi connectivity index (χ3n) is 6.33. The zero-order chi connectivity index (χ0) is 22.9. The molecule has 6 nitrogen and oxygen atoms in total. The lowest BCUT2D eigenvalue weighted by Crippen LogP contribution is -2.11. The molecule has 1 N–H and O–H groups in total. The van der Waals surface area contributed by atoms with Crippen molar-refractivity contribution in [3.05, 3.63) is 95.2 Å². The van der Waals surface area contributed by atoms with Gasteiger partial charge in [-0.2, -0.15) is 5.10 Å². The van der Waals surface area contributed by atoms with E-state index >= 15 is 0 Å². The van der Waals surface area contributed by atoms with Gasteiger partial charge in [-0.3, -0.25) is 5.10 Å². The number of nitrogens with zero attached hydrogens (tertiary/aromatic N) is 4. The minimum absolute atomic E-state index is 0.128. The Labute approximate surface area is 193 Å². The van der Waals surface area contributed by atoms with Gasteiger partial charge >= 0.3 is 0 Å². The highest BCUT2D eigenvalue weighted by Crippen LogP contribution is 2.31. The number of benzene rings is 2. The number of hydrogen-bond acceptors (Lipinski definition) is 4. The van der Waals surface area contributed by atoms with Gasteiger partial charge in [0, 0.05) is 35.5 Å². The van der Waals surface area contributed by atoms with Crippen molar-refractivity contribution in [3.8, 4) is 17.0 Å². The molecule has 3 aromatic heterocycles. The summed E-state index contributed by atoms with van der Waals surface area (Å²) < 4.78 is 7.57. The molecule has 5 aromatic rings. The van der Waals surface area contributed by atoms with E-state index in [1.54, 1.807) is 7.11 Å². The molecule has 33 heavy (non-hydrogen) atoms. The summed E-state index contributed by atoms with van der Waals surface area (Å²) in [6, 6.07) is 21.0. The van der Waals surface area contributed by atoms with Crippen molar-refractivity contribution in [2.75, 3.05) is 7.11 Å². The van der Waals surface area contributed by atoms with Gasteiger partial charge in [-0.25, -0.2) is 9.97 Å². The smallest absolute Gasteiger partial charge is 0.212 e. The van der Waals surface area contributed by atoms with E-state index in [0.29, 0.717) is 5.88 Å². The number of imidazole rings is 1. The number of pyridine rings is 1. The number of methoxy groups -OCH3 is 1. The van der Waals surface area contributed by atoms with Crippen LogP contribution >= 0.6 is 0 Å². The molecule has 0 aliphatic carbocycles. The zero-order valence-corrected chi connectivity index (χ0v) is 19.3. The molecule has 1 atom stereocenters. The Morgan fingerprint density at radius 1 is 1.00 bits per heavy atom. The fourth-order valence-corrected chi connectivity index (χ4v) is 4.42. The molecule has 0 unspecified atom stereocenters. The van der Waals surface area contributed by atoms with E-state index < -0.39 is 0 Å². The molecular formula is C27H27N5O. The fraction of sp³-hybridized carbons (Fsp3) is 0.222. The first-order valence-corrected chi connectivity index (χ1v) is 11.1. The maximum Gasteiger partial charge on any atom is 0.212 e. The number of fused-ring (bicyclic) bond motifs is 1. The molecule has 2 aromatic carbocycles. The summed E-state index contributed by atoms with van der Waals surface area (Å²) in [7, 11) is 1.63. The normalized spacial score (nSPS) is 12.2. The van der Waals surface area contributed by atoms with Gasteiger partial charge in [0.15, 0.2) is 0 Å². The second-order valence-electron chi connectivity index (χ2n) is 8.37. The number of H-pyrrole nitrogens is 1. The third-order valence-corrected chi connectivity index (χ3v) is 6.33. The average Bonchev–Trinajstić information content (AvgIpc) is 3.38. The molecular weight excluding hydrogens is 410 g/mol. The zero-order valence-electron chi connectivity index (χ0n) is 19.3. The number of aromatic amines is 1. The number of hydrogen-bond donors (Lipinski definition) is 1. The van der Waals surface area contributed by atoms with Crippen molar-refractivity contribution in [2.45, 2.75) is 33.2 Å². The van der Waals surface area contributed by atoms with Crippen LogP contribution in [0.1, 0.15) is 41.3 Å². The first-order valence-electron chi connectivity index (χ1n) is 11.1. The summed E-state index contributed by atoms with van der Waals surface area (Å²) in [5, 5.41) is 7.49. The van der Waals surface area contributed by atoms with Crippen molar-refractivity contribution in [3.63, 3.8) is 0 Å². The van der Waals surface area contributed by atoms with Crippen LogP contribution in [0.2, 0.25) is 0 Å². The largest absolute Gasteiger partial charge is 0.481 e. The predicted molar refractivity (Wildman–Crippen MR) is 131 cm³/mol. The van der Waals surface area contributed by atoms with Crippen molar-refractivity contribution >= 4 is 11.0 Å². The van der Waals surface area contributed by atoms with Crippen LogP contribution in [-0.4, -0.2) is 31.8 Å². The summed E-state index contributed by atoms with van der Waals surface area (Å²) in [6.07, 6.45) is 2.57. The number of nitrogens with one attached hydrogen (secondary N) is 1. The number of aromatic nitrogens is 5. The van der Waals surface area contributed by atoms with Crippen LogP contribution in [0, 0.1) is 13.8 Å². The topological polar surface area (TPSA) is 68.6 Å².